The minimum atomic E-state index is -1.89. The largest absolute Gasteiger partial charge is 0.519 e. The SMILES string of the molecule is C=CC(CCCCCCCCCCC(=O)OC)O/C(=C/C[P+](C1CCCCC1)(C1CCCCC1)C1CCCCC1)O[Si](CC)(CC)CC. The first-order chi connectivity index (χ1) is 23.5. The van der Waals surface area contributed by atoms with Gasteiger partial charge in [0.25, 0.3) is 14.3 Å². The summed E-state index contributed by atoms with van der Waals surface area (Å²) in [5, 5.41) is 0. The van der Waals surface area contributed by atoms with E-state index in [-0.39, 0.29) is 12.1 Å². The van der Waals surface area contributed by atoms with E-state index in [1.54, 1.807) is 0 Å². The lowest BCUT2D eigenvalue weighted by Gasteiger charge is -2.48. The number of methoxy groups -OCH3 is 1. The van der Waals surface area contributed by atoms with Crippen molar-refractivity contribution in [2.24, 2.45) is 0 Å². The van der Waals surface area contributed by atoms with Gasteiger partial charge in [-0.05, 0) is 114 Å². The van der Waals surface area contributed by atoms with Gasteiger partial charge in [-0.25, -0.2) is 0 Å². The number of carbonyl (C=O) groups is 1. The fraction of sp³-hybridized carbons (Fsp3) is 0.881. The molecular weight excluding hydrogens is 628 g/mol. The van der Waals surface area contributed by atoms with Gasteiger partial charge in [0.1, 0.15) is 6.10 Å². The van der Waals surface area contributed by atoms with Crippen molar-refractivity contribution in [1.29, 1.82) is 0 Å². The summed E-state index contributed by atoms with van der Waals surface area (Å²) in [6.45, 7) is 11.3. The molecule has 4 nitrogen and oxygen atoms in total. The number of rotatable bonds is 24. The summed E-state index contributed by atoms with van der Waals surface area (Å²) < 4.78 is 18.9. The van der Waals surface area contributed by atoms with Gasteiger partial charge in [-0.1, -0.05) is 91.2 Å². The maximum atomic E-state index is 11.3. The molecule has 0 aromatic heterocycles. The van der Waals surface area contributed by atoms with Gasteiger partial charge in [0.2, 0.25) is 0 Å². The molecule has 0 heterocycles. The smallest absolute Gasteiger partial charge is 0.305 e. The quantitative estimate of drug-likeness (QED) is 0.0250. The molecule has 0 N–H and O–H groups in total. The number of allylic oxidation sites excluding steroid dienone is 1. The van der Waals surface area contributed by atoms with Crippen molar-refractivity contribution >= 4 is 21.5 Å². The normalized spacial score (nSPS) is 20.0. The molecule has 3 saturated carbocycles. The van der Waals surface area contributed by atoms with Crippen LogP contribution >= 0.6 is 7.26 Å². The third kappa shape index (κ3) is 13.1. The van der Waals surface area contributed by atoms with Gasteiger partial charge in [0, 0.05) is 19.8 Å². The van der Waals surface area contributed by atoms with E-state index in [0.717, 1.165) is 60.3 Å². The molecule has 0 aromatic rings. The standard InChI is InChI=1S/C42H78O4PSi/c1-6-37(27-19-14-12-10-11-13-15-26-34-41(43)44-5)45-42(46-48(7-2,8-3)9-4)35-36-47(38-28-20-16-21-29-38,39-30-22-17-23-31-39)40-32-24-18-25-33-40/h6,35,37-40H,1,7-34,36H2,2-5H3/q+1/b42-35-. The zero-order chi connectivity index (χ0) is 34.5. The van der Waals surface area contributed by atoms with E-state index in [9.17, 15) is 4.79 Å². The summed E-state index contributed by atoms with van der Waals surface area (Å²) in [7, 11) is -1.65. The van der Waals surface area contributed by atoms with Crippen LogP contribution in [0.15, 0.2) is 24.7 Å². The van der Waals surface area contributed by atoms with Crippen LogP contribution in [0.5, 0.6) is 0 Å². The highest BCUT2D eigenvalue weighted by Crippen LogP contribution is 2.77. The van der Waals surface area contributed by atoms with Crippen LogP contribution in [0.3, 0.4) is 0 Å². The zero-order valence-corrected chi connectivity index (χ0v) is 34.2. The molecule has 0 radical (unpaired) electrons. The first kappa shape index (κ1) is 41.6. The van der Waals surface area contributed by atoms with E-state index < -0.39 is 15.6 Å². The molecule has 1 unspecified atom stereocenters. The molecule has 3 rings (SSSR count). The summed E-state index contributed by atoms with van der Waals surface area (Å²) in [5.74, 6) is 0.819. The minimum Gasteiger partial charge on any atom is -0.519 e. The van der Waals surface area contributed by atoms with Gasteiger partial charge >= 0.3 is 5.97 Å². The van der Waals surface area contributed by atoms with Gasteiger partial charge in [0.05, 0.1) is 30.2 Å². The Morgan fingerprint density at radius 2 is 1.15 bits per heavy atom. The molecule has 0 amide bonds. The Labute approximate surface area is 299 Å². The van der Waals surface area contributed by atoms with E-state index in [2.05, 4.69) is 39.5 Å². The van der Waals surface area contributed by atoms with Crippen LogP contribution < -0.4 is 0 Å². The van der Waals surface area contributed by atoms with Crippen LogP contribution in [0.1, 0.15) is 181 Å². The molecule has 1 atom stereocenters. The molecule has 0 saturated heterocycles. The van der Waals surface area contributed by atoms with Crippen LogP contribution in [0.2, 0.25) is 18.1 Å². The van der Waals surface area contributed by atoms with E-state index in [0.29, 0.717) is 6.42 Å². The highest BCUT2D eigenvalue weighted by Gasteiger charge is 2.56. The Morgan fingerprint density at radius 1 is 0.708 bits per heavy atom. The second kappa shape index (κ2) is 23.6. The number of unbranched alkanes of at least 4 members (excludes halogenated alkanes) is 7. The summed E-state index contributed by atoms with van der Waals surface area (Å²) in [5.41, 5.74) is 2.93. The maximum absolute atomic E-state index is 11.3. The number of hydrogen-bond donors (Lipinski definition) is 0. The van der Waals surface area contributed by atoms with Crippen molar-refractivity contribution in [3.63, 3.8) is 0 Å². The molecule has 0 spiro atoms. The van der Waals surface area contributed by atoms with E-state index in [4.69, 9.17) is 13.9 Å². The average molecular weight is 706 g/mol. The number of esters is 1. The lowest BCUT2D eigenvalue weighted by atomic mass is 9.99. The number of hydrogen-bond acceptors (Lipinski definition) is 4. The minimum absolute atomic E-state index is 0.0265. The zero-order valence-electron chi connectivity index (χ0n) is 32.3. The van der Waals surface area contributed by atoms with Crippen molar-refractivity contribution in [1.82, 2.24) is 0 Å². The summed E-state index contributed by atoms with van der Waals surface area (Å²) in [6.07, 6.45) is 39.1. The lowest BCUT2D eigenvalue weighted by molar-refractivity contribution is -0.140. The average Bonchev–Trinajstić information content (AvgIpc) is 3.15. The molecule has 3 aliphatic rings. The van der Waals surface area contributed by atoms with Crippen molar-refractivity contribution in [3.05, 3.63) is 24.7 Å². The van der Waals surface area contributed by atoms with Gasteiger partial charge in [0.15, 0.2) is 0 Å². The van der Waals surface area contributed by atoms with Crippen LogP contribution in [0, 0.1) is 0 Å². The predicted octanol–water partition coefficient (Wildman–Crippen LogP) is 13.5. The highest BCUT2D eigenvalue weighted by atomic mass is 31.2. The Bertz CT molecular complexity index is 846. The molecule has 48 heavy (non-hydrogen) atoms. The fourth-order valence-corrected chi connectivity index (χ4v) is 19.3. The molecule has 6 heteroatoms. The molecule has 0 aliphatic heterocycles. The second-order valence-electron chi connectivity index (χ2n) is 15.8. The van der Waals surface area contributed by atoms with Gasteiger partial charge < -0.3 is 13.9 Å². The summed E-state index contributed by atoms with van der Waals surface area (Å²) in [4.78, 5) is 11.3. The van der Waals surface area contributed by atoms with E-state index in [1.165, 1.54) is 148 Å². The van der Waals surface area contributed by atoms with Gasteiger partial charge in [-0.2, -0.15) is 0 Å². The number of carbonyl (C=O) groups excluding carboxylic acids is 1. The van der Waals surface area contributed by atoms with Gasteiger partial charge in [-0.15, -0.1) is 0 Å². The first-order valence-corrected chi connectivity index (χ1v) is 25.8. The van der Waals surface area contributed by atoms with Crippen molar-refractivity contribution in [3.8, 4) is 0 Å². The van der Waals surface area contributed by atoms with E-state index >= 15 is 0 Å². The third-order valence-electron chi connectivity index (χ3n) is 13.0. The van der Waals surface area contributed by atoms with E-state index in [1.807, 2.05) is 0 Å². The summed E-state index contributed by atoms with van der Waals surface area (Å²) >= 11 is 0. The molecule has 0 bridgehead atoms. The molecule has 278 valence electrons. The molecule has 3 aliphatic carbocycles. The molecule has 3 fully saturated rings. The molecule has 0 aromatic carbocycles. The Kier molecular flexibility index (Phi) is 20.5. The van der Waals surface area contributed by atoms with Crippen molar-refractivity contribution in [2.75, 3.05) is 13.3 Å². The lowest BCUT2D eigenvalue weighted by Crippen LogP contribution is -2.38. The van der Waals surface area contributed by atoms with Gasteiger partial charge in [-0.3, -0.25) is 4.79 Å². The Hall–Kier alpha value is -0.803. The van der Waals surface area contributed by atoms with Crippen molar-refractivity contribution < 1.29 is 18.7 Å². The van der Waals surface area contributed by atoms with Crippen molar-refractivity contribution in [2.45, 2.75) is 223 Å². The molecular formula is C42H78O4PSi+. The van der Waals surface area contributed by atoms with Crippen LogP contribution in [0.25, 0.3) is 0 Å². The number of ether oxygens (including phenoxy) is 2. The fourth-order valence-electron chi connectivity index (χ4n) is 9.70. The Balaban J connectivity index is 1.72. The van der Waals surface area contributed by atoms with Crippen LogP contribution in [-0.4, -0.2) is 50.6 Å². The summed E-state index contributed by atoms with van der Waals surface area (Å²) in [6, 6.07) is 3.45. The monoisotopic (exact) mass is 706 g/mol. The Morgan fingerprint density at radius 3 is 1.56 bits per heavy atom. The van der Waals surface area contributed by atoms with Crippen LogP contribution in [-0.2, 0) is 18.7 Å². The first-order valence-electron chi connectivity index (χ1n) is 21.1. The second-order valence-corrected chi connectivity index (χ2v) is 25.0. The highest BCUT2D eigenvalue weighted by molar-refractivity contribution is 7.78. The third-order valence-corrected chi connectivity index (χ3v) is 23.9. The predicted molar refractivity (Wildman–Crippen MR) is 212 cm³/mol. The maximum Gasteiger partial charge on any atom is 0.305 e. The topological polar surface area (TPSA) is 44.8 Å². The van der Waals surface area contributed by atoms with Crippen LogP contribution in [0.4, 0.5) is 0 Å².